The van der Waals surface area contributed by atoms with Crippen LogP contribution in [0.5, 0.6) is 11.5 Å². The van der Waals surface area contributed by atoms with Gasteiger partial charge in [-0.2, -0.15) is 0 Å². The molecule has 0 fully saturated rings. The molecule has 17 heavy (non-hydrogen) atoms. The number of carbonyl (C=O) groups excluding carboxylic acids is 1. The van der Waals surface area contributed by atoms with E-state index in [2.05, 4.69) is 0 Å². The molecule has 5 nitrogen and oxygen atoms in total. The smallest absolute Gasteiger partial charge is 0.377 e. The number of ketones is 1. The number of rotatable bonds is 4. The number of ether oxygens (including phenoxy) is 2. The Labute approximate surface area is 103 Å². The second-order valence-electron chi connectivity index (χ2n) is 3.25. The number of hydrogen-bond donors (Lipinski definition) is 1. The largest absolute Gasteiger partial charge is 0.492 e. The van der Waals surface area contributed by atoms with Gasteiger partial charge in [-0.15, -0.1) is 0 Å². The summed E-state index contributed by atoms with van der Waals surface area (Å²) in [5.74, 6) is -2.45. The van der Waals surface area contributed by atoms with E-state index in [1.165, 1.54) is 20.3 Å². The summed E-state index contributed by atoms with van der Waals surface area (Å²) in [4.78, 5) is 22.3. The Morgan fingerprint density at radius 1 is 1.24 bits per heavy atom. The van der Waals surface area contributed by atoms with Gasteiger partial charge in [-0.3, -0.25) is 4.79 Å². The Bertz CT molecular complexity index is 481. The van der Waals surface area contributed by atoms with Gasteiger partial charge < -0.3 is 14.6 Å². The highest BCUT2D eigenvalue weighted by Gasteiger charge is 2.26. The minimum atomic E-state index is -1.56. The number of aliphatic carboxylic acids is 1. The van der Waals surface area contributed by atoms with E-state index in [1.54, 1.807) is 6.92 Å². The van der Waals surface area contributed by atoms with Gasteiger partial charge in [0.1, 0.15) is 0 Å². The first kappa shape index (κ1) is 13.3. The fraction of sp³-hybridized carbons (Fsp3) is 0.273. The maximum atomic E-state index is 11.5. The summed E-state index contributed by atoms with van der Waals surface area (Å²) in [5, 5.41) is 8.99. The fourth-order valence-electron chi connectivity index (χ4n) is 1.50. The van der Waals surface area contributed by atoms with Crippen molar-refractivity contribution in [2.75, 3.05) is 14.2 Å². The van der Waals surface area contributed by atoms with Crippen LogP contribution in [0.1, 0.15) is 15.9 Å². The quantitative estimate of drug-likeness (QED) is 0.660. The average molecular weight is 259 g/mol. The number of aryl methyl sites for hydroxylation is 1. The van der Waals surface area contributed by atoms with Crippen molar-refractivity contribution < 1.29 is 24.2 Å². The van der Waals surface area contributed by atoms with E-state index in [1.807, 2.05) is 0 Å². The molecule has 0 aromatic heterocycles. The predicted octanol–water partition coefficient (Wildman–Crippen LogP) is 1.93. The van der Waals surface area contributed by atoms with Gasteiger partial charge in [0.25, 0.3) is 5.78 Å². The summed E-state index contributed by atoms with van der Waals surface area (Å²) in [5.41, 5.74) is 0.362. The average Bonchev–Trinajstić information content (AvgIpc) is 2.27. The van der Waals surface area contributed by atoms with Crippen molar-refractivity contribution >= 4 is 23.4 Å². The molecule has 0 saturated heterocycles. The highest BCUT2D eigenvalue weighted by Crippen LogP contribution is 2.40. The Kier molecular flexibility index (Phi) is 3.96. The molecule has 0 aliphatic carbocycles. The van der Waals surface area contributed by atoms with E-state index in [0.29, 0.717) is 5.56 Å². The van der Waals surface area contributed by atoms with Crippen LogP contribution in [0.4, 0.5) is 0 Å². The first-order chi connectivity index (χ1) is 7.93. The molecule has 0 heterocycles. The molecular weight excluding hydrogens is 248 g/mol. The van der Waals surface area contributed by atoms with Crippen LogP contribution in [0.25, 0.3) is 0 Å². The summed E-state index contributed by atoms with van der Waals surface area (Å²) in [6, 6.07) is 1.46. The lowest BCUT2D eigenvalue weighted by atomic mass is 10.0. The minimum absolute atomic E-state index is 0.0323. The van der Waals surface area contributed by atoms with E-state index in [-0.39, 0.29) is 22.1 Å². The number of carbonyl (C=O) groups is 2. The van der Waals surface area contributed by atoms with E-state index >= 15 is 0 Å². The normalized spacial score (nSPS) is 9.88. The summed E-state index contributed by atoms with van der Waals surface area (Å²) >= 11 is 5.91. The molecule has 1 rings (SSSR count). The molecule has 0 spiro atoms. The van der Waals surface area contributed by atoms with Crippen molar-refractivity contribution in [3.05, 3.63) is 22.2 Å². The SMILES string of the molecule is COc1c(Cl)cc(C)c(C(=O)C(=O)O)c1OC. The summed E-state index contributed by atoms with van der Waals surface area (Å²) in [6.07, 6.45) is 0. The van der Waals surface area contributed by atoms with E-state index < -0.39 is 11.8 Å². The van der Waals surface area contributed by atoms with Crippen molar-refractivity contribution in [2.45, 2.75) is 6.92 Å². The van der Waals surface area contributed by atoms with E-state index in [0.717, 1.165) is 0 Å². The van der Waals surface area contributed by atoms with E-state index in [9.17, 15) is 9.59 Å². The zero-order chi connectivity index (χ0) is 13.2. The zero-order valence-electron chi connectivity index (χ0n) is 9.54. The highest BCUT2D eigenvalue weighted by molar-refractivity contribution is 6.41. The third-order valence-electron chi connectivity index (χ3n) is 2.22. The van der Waals surface area contributed by atoms with Crippen LogP contribution >= 0.6 is 11.6 Å². The number of Topliss-reactive ketones (excluding diaryl/α,β-unsaturated/α-hetero) is 1. The highest BCUT2D eigenvalue weighted by atomic mass is 35.5. The summed E-state index contributed by atoms with van der Waals surface area (Å²) in [7, 11) is 2.67. The number of hydrogen-bond acceptors (Lipinski definition) is 4. The van der Waals surface area contributed by atoms with E-state index in [4.69, 9.17) is 26.2 Å². The molecule has 6 heteroatoms. The maximum Gasteiger partial charge on any atom is 0.377 e. The van der Waals surface area contributed by atoms with Crippen molar-refractivity contribution in [3.63, 3.8) is 0 Å². The summed E-state index contributed by atoms with van der Waals surface area (Å²) in [6.45, 7) is 1.57. The van der Waals surface area contributed by atoms with Crippen molar-refractivity contribution in [2.24, 2.45) is 0 Å². The molecule has 1 aromatic rings. The second-order valence-corrected chi connectivity index (χ2v) is 3.66. The summed E-state index contributed by atoms with van der Waals surface area (Å²) < 4.78 is 10.00. The van der Waals surface area contributed by atoms with Crippen LogP contribution in [-0.4, -0.2) is 31.1 Å². The zero-order valence-corrected chi connectivity index (χ0v) is 10.3. The number of methoxy groups -OCH3 is 2. The molecule has 0 radical (unpaired) electrons. The van der Waals surface area contributed by atoms with Gasteiger partial charge in [0.2, 0.25) is 0 Å². The number of halogens is 1. The van der Waals surface area contributed by atoms with Crippen LogP contribution in [0.3, 0.4) is 0 Å². The molecule has 0 aliphatic heterocycles. The molecule has 0 aliphatic rings. The molecular formula is C11H11ClO5. The monoisotopic (exact) mass is 258 g/mol. The number of carboxylic acids is 1. The topological polar surface area (TPSA) is 72.8 Å². The van der Waals surface area contributed by atoms with Gasteiger partial charge in [-0.1, -0.05) is 11.6 Å². The lowest BCUT2D eigenvalue weighted by molar-refractivity contribution is -0.131. The van der Waals surface area contributed by atoms with Crippen LogP contribution < -0.4 is 9.47 Å². The van der Waals surface area contributed by atoms with Gasteiger partial charge >= 0.3 is 5.97 Å². The first-order valence-corrected chi connectivity index (χ1v) is 5.00. The molecule has 0 unspecified atom stereocenters. The van der Waals surface area contributed by atoms with Gasteiger partial charge in [-0.05, 0) is 18.6 Å². The molecule has 1 aromatic carbocycles. The van der Waals surface area contributed by atoms with Gasteiger partial charge in [0, 0.05) is 0 Å². The van der Waals surface area contributed by atoms with Crippen LogP contribution in [0.2, 0.25) is 5.02 Å². The molecule has 0 bridgehead atoms. The van der Waals surface area contributed by atoms with Gasteiger partial charge in [0.05, 0.1) is 24.8 Å². The van der Waals surface area contributed by atoms with Crippen molar-refractivity contribution in [3.8, 4) is 11.5 Å². The van der Waals surface area contributed by atoms with Crippen molar-refractivity contribution in [1.29, 1.82) is 0 Å². The van der Waals surface area contributed by atoms with Gasteiger partial charge in [-0.25, -0.2) is 4.79 Å². The maximum absolute atomic E-state index is 11.5. The minimum Gasteiger partial charge on any atom is -0.492 e. The molecule has 0 atom stereocenters. The Morgan fingerprint density at radius 3 is 2.18 bits per heavy atom. The number of benzene rings is 1. The molecule has 1 N–H and O–H groups in total. The Morgan fingerprint density at radius 2 is 1.76 bits per heavy atom. The first-order valence-electron chi connectivity index (χ1n) is 4.62. The molecule has 0 amide bonds. The van der Waals surface area contributed by atoms with Crippen LogP contribution in [-0.2, 0) is 4.79 Å². The van der Waals surface area contributed by atoms with Crippen LogP contribution in [0.15, 0.2) is 6.07 Å². The second kappa shape index (κ2) is 5.05. The Balaban J connectivity index is 3.58. The fourth-order valence-corrected chi connectivity index (χ4v) is 1.83. The third-order valence-corrected chi connectivity index (χ3v) is 2.50. The van der Waals surface area contributed by atoms with Crippen LogP contribution in [0, 0.1) is 6.92 Å². The molecule has 92 valence electrons. The standard InChI is InChI=1S/C11H11ClO5/c1-5-4-6(12)9(16-2)10(17-3)7(5)8(13)11(14)15/h4H,1-3H3,(H,14,15). The van der Waals surface area contributed by atoms with Gasteiger partial charge in [0.15, 0.2) is 11.5 Å². The molecule has 0 saturated carbocycles. The lowest BCUT2D eigenvalue weighted by Gasteiger charge is -2.14. The number of carboxylic acid groups (broad SMARTS) is 1. The third kappa shape index (κ3) is 2.34. The Hall–Kier alpha value is -1.75. The van der Waals surface area contributed by atoms with Crippen molar-refractivity contribution in [1.82, 2.24) is 0 Å². The predicted molar refractivity (Wildman–Crippen MR) is 61.3 cm³/mol. The lowest BCUT2D eigenvalue weighted by Crippen LogP contribution is -2.16.